The van der Waals surface area contributed by atoms with E-state index in [1.165, 1.54) is 18.2 Å². The highest BCUT2D eigenvalue weighted by molar-refractivity contribution is 5.91. The van der Waals surface area contributed by atoms with Crippen molar-refractivity contribution in [1.29, 1.82) is 0 Å². The Morgan fingerprint density at radius 3 is 2.41 bits per heavy atom. The third-order valence-electron chi connectivity index (χ3n) is 5.43. The summed E-state index contributed by atoms with van der Waals surface area (Å²) < 4.78 is 42.2. The minimum atomic E-state index is -4.93. The van der Waals surface area contributed by atoms with E-state index in [-0.39, 0.29) is 31.4 Å². The number of benzene rings is 2. The number of hydrogen-bond acceptors (Lipinski definition) is 5. The van der Waals surface area contributed by atoms with Crippen molar-refractivity contribution in [3.8, 4) is 5.75 Å². The SMILES string of the molecule is O=C(O)C(O)C(Cc1ccccc1)NC(=O)C1CCC(=O)N1Cc1ccccc1OC(F)(F)F. The minimum Gasteiger partial charge on any atom is -0.479 e. The zero-order valence-corrected chi connectivity index (χ0v) is 17.9. The average molecular weight is 480 g/mol. The number of amides is 2. The first kappa shape index (κ1) is 25.0. The molecule has 1 aliphatic rings. The Bertz CT molecular complexity index is 1030. The number of aliphatic hydroxyl groups is 1. The highest BCUT2D eigenvalue weighted by Crippen LogP contribution is 2.30. The second-order valence-electron chi connectivity index (χ2n) is 7.82. The van der Waals surface area contributed by atoms with Gasteiger partial charge in [-0.25, -0.2) is 4.79 Å². The van der Waals surface area contributed by atoms with Gasteiger partial charge in [-0.2, -0.15) is 0 Å². The lowest BCUT2D eigenvalue weighted by molar-refractivity contribution is -0.275. The Labute approximate surface area is 192 Å². The molecule has 0 bridgehead atoms. The van der Waals surface area contributed by atoms with Crippen LogP contribution in [0.2, 0.25) is 0 Å². The number of carboxylic acids is 1. The van der Waals surface area contributed by atoms with Crippen LogP contribution in [0.5, 0.6) is 5.75 Å². The van der Waals surface area contributed by atoms with Gasteiger partial charge in [0.1, 0.15) is 11.8 Å². The molecule has 182 valence electrons. The van der Waals surface area contributed by atoms with E-state index in [9.17, 15) is 37.8 Å². The third-order valence-corrected chi connectivity index (χ3v) is 5.43. The van der Waals surface area contributed by atoms with Crippen LogP contribution in [-0.4, -0.2) is 57.4 Å². The molecule has 2 aromatic rings. The molecule has 1 saturated heterocycles. The fourth-order valence-electron chi connectivity index (χ4n) is 3.81. The number of rotatable bonds is 9. The van der Waals surface area contributed by atoms with E-state index in [1.807, 2.05) is 0 Å². The van der Waals surface area contributed by atoms with Crippen molar-refractivity contribution < 1.29 is 42.5 Å². The first-order chi connectivity index (χ1) is 16.0. The molecule has 0 saturated carbocycles. The molecular formula is C23H23F3N2O6. The van der Waals surface area contributed by atoms with E-state index in [0.29, 0.717) is 5.56 Å². The molecule has 3 N–H and O–H groups in total. The molecule has 2 aromatic carbocycles. The number of carboxylic acid groups (broad SMARTS) is 1. The van der Waals surface area contributed by atoms with Gasteiger partial charge in [0.15, 0.2) is 6.10 Å². The lowest BCUT2D eigenvalue weighted by Gasteiger charge is -2.28. The van der Waals surface area contributed by atoms with Crippen molar-refractivity contribution in [3.05, 3.63) is 65.7 Å². The predicted octanol–water partition coefficient (Wildman–Crippen LogP) is 2.25. The van der Waals surface area contributed by atoms with Crippen LogP contribution < -0.4 is 10.1 Å². The van der Waals surface area contributed by atoms with Crippen molar-refractivity contribution >= 4 is 17.8 Å². The van der Waals surface area contributed by atoms with Crippen molar-refractivity contribution in [2.24, 2.45) is 0 Å². The van der Waals surface area contributed by atoms with Crippen LogP contribution in [0.15, 0.2) is 54.6 Å². The van der Waals surface area contributed by atoms with Gasteiger partial charge >= 0.3 is 12.3 Å². The van der Waals surface area contributed by atoms with E-state index >= 15 is 0 Å². The standard InChI is InChI=1S/C23H23F3N2O6/c24-23(25,26)34-18-9-5-4-8-15(18)13-28-17(10-11-19(28)29)21(31)27-16(20(30)22(32)33)12-14-6-2-1-3-7-14/h1-9,16-17,20,30H,10-13H2,(H,27,31)(H,32,33). The lowest BCUT2D eigenvalue weighted by Crippen LogP contribution is -2.53. The van der Waals surface area contributed by atoms with Crippen LogP contribution in [-0.2, 0) is 27.3 Å². The molecule has 34 heavy (non-hydrogen) atoms. The van der Waals surface area contributed by atoms with Gasteiger partial charge in [-0.1, -0.05) is 48.5 Å². The number of carbonyl (C=O) groups is 3. The number of aliphatic carboxylic acids is 1. The van der Waals surface area contributed by atoms with Gasteiger partial charge in [-0.05, 0) is 24.5 Å². The second kappa shape index (κ2) is 10.6. The molecule has 0 spiro atoms. The summed E-state index contributed by atoms with van der Waals surface area (Å²) in [5, 5.41) is 21.9. The molecule has 2 amide bonds. The van der Waals surface area contributed by atoms with Crippen LogP contribution in [0, 0.1) is 0 Å². The van der Waals surface area contributed by atoms with Crippen LogP contribution in [0.4, 0.5) is 13.2 Å². The molecular weight excluding hydrogens is 457 g/mol. The summed E-state index contributed by atoms with van der Waals surface area (Å²) in [6, 6.07) is 11.7. The van der Waals surface area contributed by atoms with Gasteiger partial charge in [0, 0.05) is 12.0 Å². The number of carbonyl (C=O) groups excluding carboxylic acids is 2. The maximum atomic E-state index is 13.0. The van der Waals surface area contributed by atoms with E-state index in [2.05, 4.69) is 10.1 Å². The highest BCUT2D eigenvalue weighted by Gasteiger charge is 2.39. The predicted molar refractivity (Wildman–Crippen MR) is 112 cm³/mol. The van der Waals surface area contributed by atoms with E-state index in [1.54, 1.807) is 30.3 Å². The van der Waals surface area contributed by atoms with Gasteiger partial charge in [-0.15, -0.1) is 13.2 Å². The first-order valence-corrected chi connectivity index (χ1v) is 10.4. The Kier molecular flexibility index (Phi) is 7.77. The quantitative estimate of drug-likeness (QED) is 0.507. The van der Waals surface area contributed by atoms with Crippen molar-refractivity contribution in [2.75, 3.05) is 0 Å². The molecule has 0 radical (unpaired) electrons. The Morgan fingerprint density at radius 1 is 1.12 bits per heavy atom. The summed E-state index contributed by atoms with van der Waals surface area (Å²) in [5.74, 6) is -3.17. The highest BCUT2D eigenvalue weighted by atomic mass is 19.4. The summed E-state index contributed by atoms with van der Waals surface area (Å²) in [4.78, 5) is 38.0. The number of likely N-dealkylation sites (tertiary alicyclic amines) is 1. The van der Waals surface area contributed by atoms with Gasteiger partial charge in [0.25, 0.3) is 0 Å². The van der Waals surface area contributed by atoms with Gasteiger partial charge in [0.2, 0.25) is 11.8 Å². The van der Waals surface area contributed by atoms with Crippen molar-refractivity contribution in [1.82, 2.24) is 10.2 Å². The van der Waals surface area contributed by atoms with Crippen LogP contribution in [0.1, 0.15) is 24.0 Å². The molecule has 11 heteroatoms. The van der Waals surface area contributed by atoms with E-state index in [4.69, 9.17) is 0 Å². The number of nitrogens with one attached hydrogen (secondary N) is 1. The maximum Gasteiger partial charge on any atom is 0.573 e. The monoisotopic (exact) mass is 480 g/mol. The fourth-order valence-corrected chi connectivity index (χ4v) is 3.81. The zero-order valence-electron chi connectivity index (χ0n) is 17.9. The van der Waals surface area contributed by atoms with Gasteiger partial charge in [-0.3, -0.25) is 9.59 Å². The van der Waals surface area contributed by atoms with Gasteiger partial charge in [0.05, 0.1) is 12.6 Å². The molecule has 1 fully saturated rings. The number of hydrogen-bond donors (Lipinski definition) is 3. The number of alkyl halides is 3. The summed E-state index contributed by atoms with van der Waals surface area (Å²) in [6.07, 6.45) is -6.74. The molecule has 0 aliphatic carbocycles. The molecule has 3 rings (SSSR count). The minimum absolute atomic E-state index is 0.00871. The van der Waals surface area contributed by atoms with Crippen LogP contribution >= 0.6 is 0 Å². The topological polar surface area (TPSA) is 116 Å². The molecule has 3 unspecified atom stereocenters. The number of para-hydroxylation sites is 1. The smallest absolute Gasteiger partial charge is 0.479 e. The lowest BCUT2D eigenvalue weighted by atomic mass is 10.0. The van der Waals surface area contributed by atoms with Crippen LogP contribution in [0.25, 0.3) is 0 Å². The number of aliphatic hydroxyl groups excluding tert-OH is 1. The summed E-state index contributed by atoms with van der Waals surface area (Å²) in [5.41, 5.74) is 0.727. The normalized spacial score (nSPS) is 17.8. The number of ether oxygens (including phenoxy) is 1. The van der Waals surface area contributed by atoms with Gasteiger partial charge < -0.3 is 25.2 Å². The molecule has 1 heterocycles. The summed E-state index contributed by atoms with van der Waals surface area (Å²) >= 11 is 0. The fraction of sp³-hybridized carbons (Fsp3) is 0.348. The van der Waals surface area contributed by atoms with E-state index < -0.39 is 48.1 Å². The van der Waals surface area contributed by atoms with Crippen molar-refractivity contribution in [2.45, 2.75) is 50.4 Å². The molecule has 0 aromatic heterocycles. The summed E-state index contributed by atoms with van der Waals surface area (Å²) in [7, 11) is 0. The summed E-state index contributed by atoms with van der Waals surface area (Å²) in [6.45, 7) is -0.311. The van der Waals surface area contributed by atoms with Crippen LogP contribution in [0.3, 0.4) is 0 Å². The molecule has 8 nitrogen and oxygen atoms in total. The second-order valence-corrected chi connectivity index (χ2v) is 7.82. The Hall–Kier alpha value is -3.60. The third kappa shape index (κ3) is 6.47. The van der Waals surface area contributed by atoms with E-state index in [0.717, 1.165) is 11.0 Å². The largest absolute Gasteiger partial charge is 0.573 e. The maximum absolute atomic E-state index is 13.0. The average Bonchev–Trinajstić information content (AvgIpc) is 3.14. The zero-order chi connectivity index (χ0) is 24.9. The molecule has 1 aliphatic heterocycles. The Balaban J connectivity index is 1.78. The van der Waals surface area contributed by atoms with Crippen molar-refractivity contribution in [3.63, 3.8) is 0 Å². The number of nitrogens with zero attached hydrogens (tertiary/aromatic N) is 1. The molecule has 3 atom stereocenters. The Morgan fingerprint density at radius 2 is 1.76 bits per heavy atom. The first-order valence-electron chi connectivity index (χ1n) is 10.4. The number of halogens is 3.